The van der Waals surface area contributed by atoms with Crippen molar-refractivity contribution < 1.29 is 14.4 Å². The number of hydrogen-bond donors (Lipinski definition) is 2. The van der Waals surface area contributed by atoms with Crippen molar-refractivity contribution in [1.29, 1.82) is 0 Å². The first-order chi connectivity index (χ1) is 8.88. The maximum absolute atomic E-state index is 11.8. The summed E-state index contributed by atoms with van der Waals surface area (Å²) in [5, 5.41) is 2.75. The molecule has 1 fully saturated rings. The molecule has 0 radical (unpaired) electrons. The minimum absolute atomic E-state index is 0. The summed E-state index contributed by atoms with van der Waals surface area (Å²) in [6.45, 7) is 4.47. The Kier molecular flexibility index (Phi) is 7.75. The monoisotopic (exact) mass is 305 g/mol. The fourth-order valence-corrected chi connectivity index (χ4v) is 2.15. The Labute approximate surface area is 125 Å². The Morgan fingerprint density at radius 2 is 1.90 bits per heavy atom. The van der Waals surface area contributed by atoms with Crippen molar-refractivity contribution in [2.24, 2.45) is 5.73 Å². The molecule has 20 heavy (non-hydrogen) atoms. The summed E-state index contributed by atoms with van der Waals surface area (Å²) in [4.78, 5) is 35.8. The lowest BCUT2D eigenvalue weighted by Crippen LogP contribution is -2.51. The average Bonchev–Trinajstić information content (AvgIpc) is 2.65. The summed E-state index contributed by atoms with van der Waals surface area (Å²) < 4.78 is 0. The quantitative estimate of drug-likeness (QED) is 0.531. The molecule has 0 aromatic carbocycles. The third-order valence-corrected chi connectivity index (χ3v) is 3.29. The summed E-state index contributed by atoms with van der Waals surface area (Å²) in [6.07, 6.45) is 2.65. The van der Waals surface area contributed by atoms with Gasteiger partial charge in [0.2, 0.25) is 17.7 Å². The molecule has 3 amide bonds. The molecule has 0 saturated carbocycles. The van der Waals surface area contributed by atoms with E-state index >= 15 is 0 Å². The van der Waals surface area contributed by atoms with Crippen molar-refractivity contribution in [1.82, 2.24) is 10.2 Å². The number of nitrogens with zero attached hydrogens (tertiary/aromatic N) is 1. The number of rotatable bonds is 7. The molecular weight excluding hydrogens is 282 g/mol. The van der Waals surface area contributed by atoms with Gasteiger partial charge in [-0.15, -0.1) is 12.4 Å². The zero-order valence-electron chi connectivity index (χ0n) is 12.1. The molecule has 6 nitrogen and oxygen atoms in total. The van der Waals surface area contributed by atoms with Crippen molar-refractivity contribution in [2.75, 3.05) is 13.1 Å². The fourth-order valence-electron chi connectivity index (χ4n) is 2.15. The van der Waals surface area contributed by atoms with Gasteiger partial charge in [-0.1, -0.05) is 13.3 Å². The van der Waals surface area contributed by atoms with Gasteiger partial charge >= 0.3 is 0 Å². The van der Waals surface area contributed by atoms with E-state index < -0.39 is 5.54 Å². The molecule has 1 saturated heterocycles. The van der Waals surface area contributed by atoms with Gasteiger partial charge in [-0.2, -0.15) is 0 Å². The summed E-state index contributed by atoms with van der Waals surface area (Å²) in [5.41, 5.74) is 5.04. The lowest BCUT2D eigenvalue weighted by Gasteiger charge is -2.23. The predicted molar refractivity (Wildman–Crippen MR) is 78.3 cm³/mol. The van der Waals surface area contributed by atoms with Crippen LogP contribution in [0, 0.1) is 0 Å². The van der Waals surface area contributed by atoms with E-state index in [-0.39, 0.29) is 30.1 Å². The first-order valence-electron chi connectivity index (χ1n) is 6.79. The first-order valence-corrected chi connectivity index (χ1v) is 6.79. The molecule has 0 aliphatic carbocycles. The van der Waals surface area contributed by atoms with Crippen LogP contribution in [0.4, 0.5) is 0 Å². The highest BCUT2D eigenvalue weighted by Gasteiger charge is 2.29. The highest BCUT2D eigenvalue weighted by molar-refractivity contribution is 6.01. The van der Waals surface area contributed by atoms with Crippen LogP contribution in [0.15, 0.2) is 0 Å². The Morgan fingerprint density at radius 3 is 2.40 bits per heavy atom. The molecule has 3 N–H and O–H groups in total. The molecule has 1 unspecified atom stereocenters. The summed E-state index contributed by atoms with van der Waals surface area (Å²) in [7, 11) is 0. The van der Waals surface area contributed by atoms with Crippen LogP contribution < -0.4 is 11.1 Å². The van der Waals surface area contributed by atoms with Crippen LogP contribution in [0.25, 0.3) is 0 Å². The van der Waals surface area contributed by atoms with E-state index in [2.05, 4.69) is 5.32 Å². The number of amides is 3. The van der Waals surface area contributed by atoms with Gasteiger partial charge in [-0.3, -0.25) is 19.3 Å². The van der Waals surface area contributed by atoms with Crippen molar-refractivity contribution >= 4 is 30.1 Å². The second-order valence-electron chi connectivity index (χ2n) is 5.22. The topological polar surface area (TPSA) is 92.5 Å². The molecule has 7 heteroatoms. The van der Waals surface area contributed by atoms with Crippen LogP contribution in [-0.4, -0.2) is 41.2 Å². The third-order valence-electron chi connectivity index (χ3n) is 3.29. The van der Waals surface area contributed by atoms with E-state index in [1.54, 1.807) is 6.92 Å². The van der Waals surface area contributed by atoms with Gasteiger partial charge < -0.3 is 11.1 Å². The highest BCUT2D eigenvalue weighted by atomic mass is 35.5. The second kappa shape index (κ2) is 8.21. The van der Waals surface area contributed by atoms with Gasteiger partial charge in [-0.05, 0) is 19.8 Å². The van der Waals surface area contributed by atoms with Crippen LogP contribution in [0.3, 0.4) is 0 Å². The summed E-state index contributed by atoms with van der Waals surface area (Å²) in [5.74, 6) is -0.426. The Morgan fingerprint density at radius 1 is 1.35 bits per heavy atom. The van der Waals surface area contributed by atoms with Crippen LogP contribution in [0.1, 0.15) is 46.0 Å². The third kappa shape index (κ3) is 5.09. The van der Waals surface area contributed by atoms with Gasteiger partial charge in [0.15, 0.2) is 0 Å². The van der Waals surface area contributed by atoms with E-state index in [1.807, 2.05) is 6.92 Å². The molecule has 0 aromatic heterocycles. The number of hydrogen-bond acceptors (Lipinski definition) is 4. The Hall–Kier alpha value is -1.14. The normalized spacial score (nSPS) is 17.6. The lowest BCUT2D eigenvalue weighted by molar-refractivity contribution is -0.138. The molecule has 1 aliphatic heterocycles. The highest BCUT2D eigenvalue weighted by Crippen LogP contribution is 2.12. The minimum Gasteiger partial charge on any atom is -0.354 e. The zero-order chi connectivity index (χ0) is 14.5. The van der Waals surface area contributed by atoms with E-state index in [4.69, 9.17) is 5.73 Å². The smallest absolute Gasteiger partial charge is 0.239 e. The summed E-state index contributed by atoms with van der Waals surface area (Å²) >= 11 is 0. The molecule has 116 valence electrons. The van der Waals surface area contributed by atoms with Crippen LogP contribution in [-0.2, 0) is 14.4 Å². The number of imide groups is 1. The Bertz CT molecular complexity index is 356. The largest absolute Gasteiger partial charge is 0.354 e. The van der Waals surface area contributed by atoms with Crippen molar-refractivity contribution in [3.63, 3.8) is 0 Å². The number of carbonyl (C=O) groups is 3. The van der Waals surface area contributed by atoms with E-state index in [0.29, 0.717) is 38.8 Å². The minimum atomic E-state index is -0.853. The molecule has 0 spiro atoms. The van der Waals surface area contributed by atoms with Gasteiger partial charge in [0.05, 0.1) is 5.54 Å². The molecule has 1 aliphatic rings. The molecule has 1 atom stereocenters. The van der Waals surface area contributed by atoms with E-state index in [9.17, 15) is 14.4 Å². The van der Waals surface area contributed by atoms with Gasteiger partial charge in [-0.25, -0.2) is 0 Å². The molecule has 1 rings (SSSR count). The first kappa shape index (κ1) is 18.9. The average molecular weight is 306 g/mol. The Balaban J connectivity index is 0.00000361. The van der Waals surface area contributed by atoms with Crippen molar-refractivity contribution in [2.45, 2.75) is 51.5 Å². The SMILES string of the molecule is CCCC(C)(N)C(=O)NCCCN1C(=O)CCC1=O.Cl. The van der Waals surface area contributed by atoms with Gasteiger partial charge in [0.1, 0.15) is 0 Å². The second-order valence-corrected chi connectivity index (χ2v) is 5.22. The van der Waals surface area contributed by atoms with E-state index in [1.165, 1.54) is 4.90 Å². The molecule has 0 bridgehead atoms. The van der Waals surface area contributed by atoms with E-state index in [0.717, 1.165) is 6.42 Å². The number of likely N-dealkylation sites (tertiary alicyclic amines) is 1. The van der Waals surface area contributed by atoms with Crippen molar-refractivity contribution in [3.8, 4) is 0 Å². The number of halogens is 1. The van der Waals surface area contributed by atoms with Crippen LogP contribution in [0.2, 0.25) is 0 Å². The standard InChI is InChI=1S/C13H23N3O3.ClH/c1-3-7-13(2,14)12(19)15-8-4-9-16-10(17)5-6-11(16)18;/h3-9,14H2,1-2H3,(H,15,19);1H. The molecule has 0 aromatic rings. The fraction of sp³-hybridized carbons (Fsp3) is 0.769. The zero-order valence-corrected chi connectivity index (χ0v) is 12.9. The number of nitrogens with one attached hydrogen (secondary N) is 1. The van der Waals surface area contributed by atoms with Crippen LogP contribution >= 0.6 is 12.4 Å². The predicted octanol–water partition coefficient (Wildman–Crippen LogP) is 0.581. The van der Waals surface area contributed by atoms with Gasteiger partial charge in [0.25, 0.3) is 0 Å². The lowest BCUT2D eigenvalue weighted by atomic mass is 9.96. The molecular formula is C13H24ClN3O3. The maximum Gasteiger partial charge on any atom is 0.239 e. The summed E-state index contributed by atoms with van der Waals surface area (Å²) in [6, 6.07) is 0. The molecule has 1 heterocycles. The van der Waals surface area contributed by atoms with Gasteiger partial charge in [0, 0.05) is 25.9 Å². The van der Waals surface area contributed by atoms with Crippen LogP contribution in [0.5, 0.6) is 0 Å². The number of nitrogens with two attached hydrogens (primary N) is 1. The maximum atomic E-state index is 11.8. The van der Waals surface area contributed by atoms with Crippen molar-refractivity contribution in [3.05, 3.63) is 0 Å². The number of carbonyl (C=O) groups excluding carboxylic acids is 3.